The maximum atomic E-state index is 15.5. The summed E-state index contributed by atoms with van der Waals surface area (Å²) in [5, 5.41) is 0. The van der Waals surface area contributed by atoms with E-state index in [1.807, 2.05) is 0 Å². The van der Waals surface area contributed by atoms with E-state index in [0.717, 1.165) is 33.9 Å². The van der Waals surface area contributed by atoms with Gasteiger partial charge in [0.2, 0.25) is 0 Å². The quantitative estimate of drug-likeness (QED) is 0.0571. The van der Waals surface area contributed by atoms with Gasteiger partial charge in [0.05, 0.1) is 0 Å². The van der Waals surface area contributed by atoms with Gasteiger partial charge < -0.3 is 0 Å². The van der Waals surface area contributed by atoms with Crippen molar-refractivity contribution in [2.24, 2.45) is 0 Å². The van der Waals surface area contributed by atoms with E-state index >= 15 is 2.81 Å². The summed E-state index contributed by atoms with van der Waals surface area (Å²) in [6.07, 6.45) is 58.3. The van der Waals surface area contributed by atoms with Crippen LogP contribution < -0.4 is 0 Å². The normalized spacial score (nSPS) is 12.3. The van der Waals surface area contributed by atoms with Crippen LogP contribution in [0.5, 0.6) is 0 Å². The topological polar surface area (TPSA) is 35.5 Å². The van der Waals surface area contributed by atoms with Crippen LogP contribution in [-0.2, 0) is 28.1 Å². The molecule has 0 aromatic carbocycles. The Morgan fingerprint density at radius 1 is 0.232 bits per heavy atom. The number of rotatable bonds is 50. The fourth-order valence-electron chi connectivity index (χ4n) is 8.85. The Morgan fingerprint density at radius 2 is 0.393 bits per heavy atom. The first kappa shape index (κ1) is 56.6. The van der Waals surface area contributed by atoms with Crippen molar-refractivity contribution in [3.05, 3.63) is 0 Å². The summed E-state index contributed by atoms with van der Waals surface area (Å²) in [6, 6.07) is 0. The van der Waals surface area contributed by atoms with Crippen molar-refractivity contribution in [1.29, 1.82) is 0 Å². The smallest absolute Gasteiger partial charge is 0.0654 e. The number of hydrogen-bond donors (Lipinski definition) is 0. The minimum absolute atomic E-state index is 0.653. The van der Waals surface area contributed by atoms with Crippen molar-refractivity contribution in [1.82, 2.24) is 0 Å². The van der Waals surface area contributed by atoms with Crippen molar-refractivity contribution in [3.8, 4) is 0 Å². The minimum Gasteiger partial charge on any atom is -0.0654 e. The second-order valence-electron chi connectivity index (χ2n) is 18.7. The molecule has 0 aromatic heterocycles. The Kier molecular flexibility index (Phi) is 45.6. The molecule has 0 N–H and O–H groups in total. The zero-order chi connectivity index (χ0) is 40.8. The third-order valence-corrected chi connectivity index (χ3v) is 23.5. The summed E-state index contributed by atoms with van der Waals surface area (Å²) in [5.41, 5.74) is 0. The molecular weight excluding hydrogens is 764 g/mol. The molecule has 0 heterocycles. The standard InChI is InChI=1S/2C13H27O.2C13H27.O.Zr/c2*1-2-3-4-5-6-7-8-9-10-11-12-13-14;2*1-3-5-7-9-11-13-12-10-8-6-4-2;;/h2*2-13H2,1H3;2*1,3-13H2,2H3;;/q2*-1;;;;+2. The van der Waals surface area contributed by atoms with E-state index in [-0.39, 0.29) is 0 Å². The van der Waals surface area contributed by atoms with Crippen molar-refractivity contribution < 1.29 is 28.1 Å². The van der Waals surface area contributed by atoms with E-state index in [9.17, 15) is 0 Å². The summed E-state index contributed by atoms with van der Waals surface area (Å²) >= 11 is -5.06. The molecule has 4 heteroatoms. The van der Waals surface area contributed by atoms with Crippen LogP contribution in [0.15, 0.2) is 0 Å². The van der Waals surface area contributed by atoms with Crippen molar-refractivity contribution in [3.63, 3.8) is 0 Å². The molecule has 0 unspecified atom stereocenters. The molecule has 0 radical (unpaired) electrons. The molecular formula is C52H108O3Zr. The molecule has 0 aliphatic heterocycles. The molecule has 338 valence electrons. The van der Waals surface area contributed by atoms with Gasteiger partial charge in [0, 0.05) is 0 Å². The van der Waals surface area contributed by atoms with Gasteiger partial charge in [-0.05, 0) is 0 Å². The fraction of sp³-hybridized carbons (Fsp3) is 1.00. The third-order valence-electron chi connectivity index (χ3n) is 12.9. The Bertz CT molecular complexity index is 733. The SMILES string of the molecule is CCCCCCCCCCCCC[O][Zr](=[O])([CH2]CCCCCCCCCCCC)([CH2]CCCCCCCCCCCC)[O]CCCCCCCCCCCCC. The van der Waals surface area contributed by atoms with Gasteiger partial charge in [-0.25, -0.2) is 0 Å². The Balaban J connectivity index is 5.07. The molecule has 56 heavy (non-hydrogen) atoms. The van der Waals surface area contributed by atoms with Gasteiger partial charge in [0.25, 0.3) is 0 Å². The molecule has 0 aliphatic rings. The maximum absolute atomic E-state index is 15.5. The zero-order valence-electron chi connectivity index (χ0n) is 39.7. The molecule has 0 aromatic rings. The van der Waals surface area contributed by atoms with Gasteiger partial charge in [-0.1, -0.05) is 40.5 Å². The molecule has 0 atom stereocenters. The van der Waals surface area contributed by atoms with E-state index in [0.29, 0.717) is 13.2 Å². The average Bonchev–Trinajstić information content (AvgIpc) is 3.20. The Labute approximate surface area is 357 Å². The second-order valence-corrected chi connectivity index (χ2v) is 29.3. The van der Waals surface area contributed by atoms with Gasteiger partial charge in [0.15, 0.2) is 0 Å². The molecule has 3 nitrogen and oxygen atoms in total. The second kappa shape index (κ2) is 45.1. The molecule has 0 bridgehead atoms. The van der Waals surface area contributed by atoms with Crippen LogP contribution in [0.2, 0.25) is 8.26 Å². The summed E-state index contributed by atoms with van der Waals surface area (Å²) in [6.45, 7) is 10.5. The fourth-order valence-corrected chi connectivity index (χ4v) is 18.6. The summed E-state index contributed by atoms with van der Waals surface area (Å²) in [5.74, 6) is 0. The van der Waals surface area contributed by atoms with E-state index in [2.05, 4.69) is 27.7 Å². The van der Waals surface area contributed by atoms with Gasteiger partial charge in [-0.2, -0.15) is 0 Å². The average molecular weight is 873 g/mol. The van der Waals surface area contributed by atoms with Crippen LogP contribution in [0.3, 0.4) is 0 Å². The predicted molar refractivity (Wildman–Crippen MR) is 248 cm³/mol. The number of unbranched alkanes of at least 4 members (excludes halogenated alkanes) is 40. The molecule has 0 rings (SSSR count). The van der Waals surface area contributed by atoms with Gasteiger partial charge in [-0.3, -0.25) is 0 Å². The van der Waals surface area contributed by atoms with Crippen LogP contribution in [0.4, 0.5) is 0 Å². The molecule has 0 aliphatic carbocycles. The summed E-state index contributed by atoms with van der Waals surface area (Å²) in [7, 11) is 0. The Morgan fingerprint density at radius 3 is 0.589 bits per heavy atom. The van der Waals surface area contributed by atoms with Crippen LogP contribution >= 0.6 is 0 Å². The molecule has 0 spiro atoms. The van der Waals surface area contributed by atoms with E-state index in [4.69, 9.17) is 5.63 Å². The van der Waals surface area contributed by atoms with Crippen molar-refractivity contribution in [2.45, 2.75) is 318 Å². The van der Waals surface area contributed by atoms with Gasteiger partial charge in [-0.15, -0.1) is 0 Å². The van der Waals surface area contributed by atoms with E-state index in [1.54, 1.807) is 0 Å². The van der Waals surface area contributed by atoms with Gasteiger partial charge in [0.1, 0.15) is 0 Å². The molecule has 0 saturated carbocycles. The van der Waals surface area contributed by atoms with Crippen LogP contribution in [0.1, 0.15) is 310 Å². The van der Waals surface area contributed by atoms with Crippen LogP contribution in [-0.4, -0.2) is 13.2 Å². The van der Waals surface area contributed by atoms with Crippen LogP contribution in [0, 0.1) is 0 Å². The summed E-state index contributed by atoms with van der Waals surface area (Å²) < 4.78 is 30.6. The summed E-state index contributed by atoms with van der Waals surface area (Å²) in [4.78, 5) is 0. The van der Waals surface area contributed by atoms with Gasteiger partial charge >= 0.3 is 319 Å². The minimum atomic E-state index is -5.06. The molecule has 0 fully saturated rings. The first-order chi connectivity index (χ1) is 27.5. The van der Waals surface area contributed by atoms with Crippen LogP contribution in [0.25, 0.3) is 0 Å². The number of hydrogen-bond acceptors (Lipinski definition) is 3. The van der Waals surface area contributed by atoms with E-state index in [1.165, 1.54) is 257 Å². The predicted octanol–water partition coefficient (Wildman–Crippen LogP) is 20.0. The van der Waals surface area contributed by atoms with E-state index < -0.39 is 19.7 Å². The van der Waals surface area contributed by atoms with Crippen molar-refractivity contribution >= 4 is 0 Å². The van der Waals surface area contributed by atoms with Crippen molar-refractivity contribution in [2.75, 3.05) is 13.2 Å². The molecule has 0 saturated heterocycles. The Hall–Kier alpha value is 0.603. The zero-order valence-corrected chi connectivity index (χ0v) is 42.1. The third kappa shape index (κ3) is 40.0. The monoisotopic (exact) mass is 871 g/mol. The first-order valence-corrected chi connectivity index (χ1v) is 33.2. The first-order valence-electron chi connectivity index (χ1n) is 26.7. The molecule has 0 amide bonds.